The van der Waals surface area contributed by atoms with Crippen LogP contribution in [0.15, 0.2) is 65.3 Å². The fourth-order valence-corrected chi connectivity index (χ4v) is 4.87. The van der Waals surface area contributed by atoms with Crippen molar-refractivity contribution in [2.75, 3.05) is 6.54 Å². The zero-order valence-corrected chi connectivity index (χ0v) is 14.7. The summed E-state index contributed by atoms with van der Waals surface area (Å²) in [6.45, 7) is 2.57. The number of hydrogen-bond donors (Lipinski definition) is 1. The van der Waals surface area contributed by atoms with Crippen LogP contribution in [0.3, 0.4) is 0 Å². The molecule has 0 aliphatic heterocycles. The van der Waals surface area contributed by atoms with Crippen LogP contribution in [0.2, 0.25) is 0 Å². The topological polar surface area (TPSA) is 42.2 Å². The Kier molecular flexibility index (Phi) is 3.49. The number of rotatable bonds is 3. The Balaban J connectivity index is 1.45. The molecule has 2 aromatic carbocycles. The van der Waals surface area contributed by atoms with Crippen LogP contribution in [0, 0.1) is 12.8 Å². The molecule has 1 unspecified atom stereocenters. The Morgan fingerprint density at radius 1 is 1.00 bits per heavy atom. The van der Waals surface area contributed by atoms with E-state index in [1.165, 1.54) is 22.3 Å². The van der Waals surface area contributed by atoms with Crippen LogP contribution in [-0.2, 0) is 0 Å². The van der Waals surface area contributed by atoms with Gasteiger partial charge in [-0.1, -0.05) is 48.5 Å². The first kappa shape index (κ1) is 15.4. The van der Waals surface area contributed by atoms with Gasteiger partial charge in [-0.3, -0.25) is 4.79 Å². The first-order valence-corrected chi connectivity index (χ1v) is 9.24. The van der Waals surface area contributed by atoms with Crippen LogP contribution >= 0.6 is 0 Å². The van der Waals surface area contributed by atoms with Crippen LogP contribution in [-0.4, -0.2) is 12.5 Å². The molecule has 1 N–H and O–H groups in total. The summed E-state index contributed by atoms with van der Waals surface area (Å²) in [7, 11) is 0. The Labute approximate surface area is 153 Å². The molecular weight excluding hydrogens is 322 g/mol. The number of benzene rings is 2. The molecule has 1 heterocycles. The Hall–Kier alpha value is -2.81. The fraction of sp³-hybridized carbons (Fsp3) is 0.261. The van der Waals surface area contributed by atoms with E-state index < -0.39 is 0 Å². The normalized spacial score (nSPS) is 22.6. The van der Waals surface area contributed by atoms with E-state index in [0.717, 1.165) is 12.0 Å². The molecule has 3 aliphatic carbocycles. The summed E-state index contributed by atoms with van der Waals surface area (Å²) in [5.74, 6) is 1.50. The Morgan fingerprint density at radius 2 is 1.62 bits per heavy atom. The summed E-state index contributed by atoms with van der Waals surface area (Å²) in [6, 6.07) is 19.4. The monoisotopic (exact) mass is 343 g/mol. The van der Waals surface area contributed by atoms with Crippen molar-refractivity contribution in [2.24, 2.45) is 5.92 Å². The molecule has 26 heavy (non-hydrogen) atoms. The predicted molar refractivity (Wildman–Crippen MR) is 100 cm³/mol. The molecule has 0 spiro atoms. The van der Waals surface area contributed by atoms with E-state index in [1.807, 2.05) is 13.0 Å². The average Bonchev–Trinajstić information content (AvgIpc) is 3.12. The summed E-state index contributed by atoms with van der Waals surface area (Å²) in [4.78, 5) is 12.5. The Morgan fingerprint density at radius 3 is 2.19 bits per heavy atom. The second kappa shape index (κ2) is 5.87. The maximum Gasteiger partial charge on any atom is 0.287 e. The first-order chi connectivity index (χ1) is 12.7. The van der Waals surface area contributed by atoms with Crippen molar-refractivity contribution in [1.82, 2.24) is 5.32 Å². The molecule has 0 fully saturated rings. The largest absolute Gasteiger partial charge is 0.459 e. The van der Waals surface area contributed by atoms with Gasteiger partial charge >= 0.3 is 0 Å². The number of nitrogens with one attached hydrogen (secondary N) is 1. The number of furan rings is 1. The third kappa shape index (κ3) is 2.23. The van der Waals surface area contributed by atoms with Gasteiger partial charge < -0.3 is 9.73 Å². The minimum atomic E-state index is -0.115. The van der Waals surface area contributed by atoms with E-state index in [0.29, 0.717) is 30.1 Å². The van der Waals surface area contributed by atoms with Gasteiger partial charge in [0.05, 0.1) is 6.26 Å². The standard InChI is InChI=1S/C23H21NO2/c1-14-10-11-26-22(14)23(25)24-13-15-12-20-16-6-2-4-8-18(16)21(15)19-9-5-3-7-17(19)20/h2-11,15,20-21H,12-13H2,1H3,(H,24,25). The quantitative estimate of drug-likeness (QED) is 0.754. The third-order valence-electron chi connectivity index (χ3n) is 6.02. The van der Waals surface area contributed by atoms with Crippen LogP contribution in [0.25, 0.3) is 0 Å². The van der Waals surface area contributed by atoms with Crippen molar-refractivity contribution in [3.63, 3.8) is 0 Å². The van der Waals surface area contributed by atoms with Gasteiger partial charge in [0.1, 0.15) is 0 Å². The molecule has 130 valence electrons. The highest BCUT2D eigenvalue weighted by Crippen LogP contribution is 2.55. The van der Waals surface area contributed by atoms with Gasteiger partial charge in [-0.05, 0) is 47.6 Å². The number of amides is 1. The van der Waals surface area contributed by atoms with Gasteiger partial charge in [-0.2, -0.15) is 0 Å². The van der Waals surface area contributed by atoms with Crippen molar-refractivity contribution in [1.29, 1.82) is 0 Å². The van der Waals surface area contributed by atoms with Crippen LogP contribution in [0.4, 0.5) is 0 Å². The molecule has 6 rings (SSSR count). The zero-order chi connectivity index (χ0) is 17.7. The molecule has 0 radical (unpaired) electrons. The lowest BCUT2D eigenvalue weighted by Crippen LogP contribution is -2.39. The molecule has 1 atom stereocenters. The number of hydrogen-bond acceptors (Lipinski definition) is 2. The van der Waals surface area contributed by atoms with E-state index >= 15 is 0 Å². The summed E-state index contributed by atoms with van der Waals surface area (Å²) in [5, 5.41) is 3.11. The minimum absolute atomic E-state index is 0.115. The SMILES string of the molecule is Cc1ccoc1C(=O)NCC1CC2c3ccccc3C1c1ccccc12. The van der Waals surface area contributed by atoms with E-state index in [4.69, 9.17) is 4.42 Å². The number of aryl methyl sites for hydroxylation is 1. The number of carbonyl (C=O) groups excluding carboxylic acids is 1. The summed E-state index contributed by atoms with van der Waals surface area (Å²) >= 11 is 0. The second-order valence-electron chi connectivity index (χ2n) is 7.43. The van der Waals surface area contributed by atoms with Crippen molar-refractivity contribution in [3.8, 4) is 0 Å². The molecule has 2 bridgehead atoms. The molecular formula is C23H21NO2. The van der Waals surface area contributed by atoms with Crippen LogP contribution < -0.4 is 5.32 Å². The molecule has 3 aromatic rings. The van der Waals surface area contributed by atoms with Crippen LogP contribution in [0.5, 0.6) is 0 Å². The molecule has 3 heteroatoms. The maximum atomic E-state index is 12.5. The fourth-order valence-electron chi connectivity index (χ4n) is 4.87. The van der Waals surface area contributed by atoms with Gasteiger partial charge in [0.15, 0.2) is 5.76 Å². The van der Waals surface area contributed by atoms with Crippen molar-refractivity contribution >= 4 is 5.91 Å². The zero-order valence-electron chi connectivity index (χ0n) is 14.7. The van der Waals surface area contributed by atoms with Gasteiger partial charge in [0.25, 0.3) is 5.91 Å². The summed E-state index contributed by atoms with van der Waals surface area (Å²) in [6.07, 6.45) is 2.65. The lowest BCUT2D eigenvalue weighted by Gasteiger charge is -2.45. The maximum absolute atomic E-state index is 12.5. The first-order valence-electron chi connectivity index (χ1n) is 9.24. The molecule has 3 nitrogen and oxygen atoms in total. The minimum Gasteiger partial charge on any atom is -0.459 e. The Bertz CT molecular complexity index is 940. The van der Waals surface area contributed by atoms with E-state index in [-0.39, 0.29) is 5.91 Å². The lowest BCUT2D eigenvalue weighted by molar-refractivity contribution is 0.0914. The van der Waals surface area contributed by atoms with Gasteiger partial charge in [0.2, 0.25) is 0 Å². The van der Waals surface area contributed by atoms with E-state index in [1.54, 1.807) is 6.26 Å². The van der Waals surface area contributed by atoms with Crippen LogP contribution in [0.1, 0.15) is 56.6 Å². The van der Waals surface area contributed by atoms with Crippen molar-refractivity contribution < 1.29 is 9.21 Å². The van der Waals surface area contributed by atoms with Gasteiger partial charge in [-0.25, -0.2) is 0 Å². The van der Waals surface area contributed by atoms with Crippen molar-refractivity contribution in [3.05, 3.63) is 94.4 Å². The van der Waals surface area contributed by atoms with E-state index in [9.17, 15) is 4.79 Å². The van der Waals surface area contributed by atoms with E-state index in [2.05, 4.69) is 53.8 Å². The van der Waals surface area contributed by atoms with Crippen molar-refractivity contribution in [2.45, 2.75) is 25.2 Å². The number of fused-ring (bicyclic) bond motifs is 1. The van der Waals surface area contributed by atoms with Gasteiger partial charge in [0, 0.05) is 23.9 Å². The highest BCUT2D eigenvalue weighted by molar-refractivity contribution is 5.92. The summed E-state index contributed by atoms with van der Waals surface area (Å²) < 4.78 is 5.33. The lowest BCUT2D eigenvalue weighted by atomic mass is 9.59. The third-order valence-corrected chi connectivity index (χ3v) is 6.02. The summed E-state index contributed by atoms with van der Waals surface area (Å²) in [5.41, 5.74) is 6.65. The molecule has 3 aliphatic rings. The molecule has 1 amide bonds. The molecule has 1 aromatic heterocycles. The average molecular weight is 343 g/mol. The highest BCUT2D eigenvalue weighted by Gasteiger charge is 2.42. The predicted octanol–water partition coefficient (Wildman–Crippen LogP) is 4.62. The second-order valence-corrected chi connectivity index (χ2v) is 7.43. The smallest absolute Gasteiger partial charge is 0.287 e. The van der Waals surface area contributed by atoms with Gasteiger partial charge in [-0.15, -0.1) is 0 Å². The molecule has 0 saturated heterocycles. The highest BCUT2D eigenvalue weighted by atomic mass is 16.3. The molecule has 0 saturated carbocycles. The number of carbonyl (C=O) groups is 1.